The van der Waals surface area contributed by atoms with Gasteiger partial charge in [0.15, 0.2) is 0 Å². The van der Waals surface area contributed by atoms with Gasteiger partial charge in [0.1, 0.15) is 0 Å². The van der Waals surface area contributed by atoms with E-state index < -0.39 is 53.4 Å². The number of fused-ring (bicyclic) bond motifs is 3. The lowest BCUT2D eigenvalue weighted by atomic mass is 9.86. The first-order valence-electron chi connectivity index (χ1n) is 9.91. The third-order valence-electron chi connectivity index (χ3n) is 5.51. The molecule has 1 N–H and O–H groups in total. The number of carboxylic acids is 1. The molecule has 0 spiro atoms. The molecule has 0 fully saturated rings. The van der Waals surface area contributed by atoms with Crippen LogP contribution < -0.4 is 4.90 Å². The molecule has 1 unspecified atom stereocenters. The Bertz CT molecular complexity index is 1250. The van der Waals surface area contributed by atoms with E-state index in [0.29, 0.717) is 28.8 Å². The van der Waals surface area contributed by atoms with Crippen molar-refractivity contribution in [1.29, 1.82) is 0 Å². The van der Waals surface area contributed by atoms with E-state index >= 15 is 0 Å². The van der Waals surface area contributed by atoms with Crippen LogP contribution in [0.25, 0.3) is 11.1 Å². The maximum Gasteiger partial charge on any atom is 0.416 e. The number of carbonyl (C=O) groups is 2. The molecule has 1 amide bonds. The molecule has 10 heteroatoms. The van der Waals surface area contributed by atoms with E-state index in [4.69, 9.17) is 0 Å². The Morgan fingerprint density at radius 1 is 0.794 bits per heavy atom. The summed E-state index contributed by atoms with van der Waals surface area (Å²) < 4.78 is 80.1. The molecule has 1 atom stereocenters. The smallest absolute Gasteiger partial charge is 0.416 e. The highest BCUT2D eigenvalue weighted by molar-refractivity contribution is 6.10. The number of para-hydroxylation sites is 1. The summed E-state index contributed by atoms with van der Waals surface area (Å²) in [6, 6.07) is 12.4. The van der Waals surface area contributed by atoms with Gasteiger partial charge in [-0.25, -0.2) is 0 Å². The number of nitrogens with zero attached hydrogens (tertiary/aromatic N) is 1. The van der Waals surface area contributed by atoms with Crippen LogP contribution in [-0.4, -0.2) is 17.0 Å². The first kappa shape index (κ1) is 23.3. The monoisotopic (exact) mass is 479 g/mol. The molecule has 0 saturated heterocycles. The van der Waals surface area contributed by atoms with Crippen molar-refractivity contribution in [2.24, 2.45) is 0 Å². The van der Waals surface area contributed by atoms with Gasteiger partial charge in [-0.2, -0.15) is 26.3 Å². The summed E-state index contributed by atoms with van der Waals surface area (Å²) in [4.78, 5) is 26.1. The number of hydrogen-bond donors (Lipinski definition) is 1. The van der Waals surface area contributed by atoms with Gasteiger partial charge in [-0.3, -0.25) is 14.5 Å². The second-order valence-electron chi connectivity index (χ2n) is 7.69. The molecule has 34 heavy (non-hydrogen) atoms. The predicted octanol–water partition coefficient (Wildman–Crippen LogP) is 6.57. The van der Waals surface area contributed by atoms with Gasteiger partial charge in [0.2, 0.25) is 0 Å². The Hall–Kier alpha value is -3.82. The number of alkyl halides is 6. The zero-order chi connectivity index (χ0) is 24.8. The van der Waals surface area contributed by atoms with Gasteiger partial charge < -0.3 is 5.11 Å². The van der Waals surface area contributed by atoms with Crippen molar-refractivity contribution in [1.82, 2.24) is 0 Å². The molecule has 4 nitrogen and oxygen atoms in total. The van der Waals surface area contributed by atoms with Gasteiger partial charge in [0.05, 0.1) is 29.3 Å². The second-order valence-corrected chi connectivity index (χ2v) is 7.69. The molecule has 0 radical (unpaired) electrons. The zero-order valence-corrected chi connectivity index (χ0v) is 17.1. The summed E-state index contributed by atoms with van der Waals surface area (Å²) >= 11 is 0. The topological polar surface area (TPSA) is 57.6 Å². The fourth-order valence-corrected chi connectivity index (χ4v) is 4.09. The summed E-state index contributed by atoms with van der Waals surface area (Å²) in [5.74, 6) is -2.47. The Morgan fingerprint density at radius 3 is 1.88 bits per heavy atom. The maximum atomic E-state index is 13.5. The second kappa shape index (κ2) is 8.19. The summed E-state index contributed by atoms with van der Waals surface area (Å²) in [7, 11) is 0. The highest BCUT2D eigenvalue weighted by Crippen LogP contribution is 2.47. The quantitative estimate of drug-likeness (QED) is 0.433. The first-order valence-corrected chi connectivity index (χ1v) is 9.91. The largest absolute Gasteiger partial charge is 0.481 e. The molecule has 0 aliphatic carbocycles. The summed E-state index contributed by atoms with van der Waals surface area (Å²) in [6.07, 6.45) is -10.9. The molecular formula is C24H15F6NO3. The number of rotatable bonds is 3. The third-order valence-corrected chi connectivity index (χ3v) is 5.51. The van der Waals surface area contributed by atoms with E-state index in [9.17, 15) is 41.0 Å². The molecule has 3 aromatic rings. The van der Waals surface area contributed by atoms with Gasteiger partial charge >= 0.3 is 18.3 Å². The number of hydrogen-bond acceptors (Lipinski definition) is 2. The van der Waals surface area contributed by atoms with E-state index in [-0.39, 0.29) is 11.8 Å². The van der Waals surface area contributed by atoms with E-state index in [2.05, 4.69) is 0 Å². The van der Waals surface area contributed by atoms with Crippen LogP contribution in [0.2, 0.25) is 0 Å². The molecule has 3 aromatic carbocycles. The molecule has 1 aliphatic heterocycles. The van der Waals surface area contributed by atoms with Crippen molar-refractivity contribution in [2.75, 3.05) is 4.90 Å². The molecule has 4 rings (SSSR count). The maximum absolute atomic E-state index is 13.5. The number of carbonyl (C=O) groups excluding carboxylic acids is 1. The Morgan fingerprint density at radius 2 is 1.32 bits per heavy atom. The van der Waals surface area contributed by atoms with Crippen LogP contribution in [0, 0.1) is 0 Å². The summed E-state index contributed by atoms with van der Waals surface area (Å²) in [5.41, 5.74) is -2.41. The average molecular weight is 479 g/mol. The van der Waals surface area contributed by atoms with Crippen molar-refractivity contribution >= 4 is 17.6 Å². The molecule has 1 aliphatic rings. The van der Waals surface area contributed by atoms with Gasteiger partial charge in [-0.1, -0.05) is 42.5 Å². The molecule has 0 aromatic heterocycles. The van der Waals surface area contributed by atoms with Crippen LogP contribution in [-0.2, 0) is 17.1 Å². The highest BCUT2D eigenvalue weighted by atomic mass is 19.4. The van der Waals surface area contributed by atoms with Crippen LogP contribution in [0.5, 0.6) is 0 Å². The first-order chi connectivity index (χ1) is 15.9. The van der Waals surface area contributed by atoms with E-state index in [0.717, 1.165) is 4.90 Å². The van der Waals surface area contributed by atoms with Crippen molar-refractivity contribution in [2.45, 2.75) is 24.8 Å². The average Bonchev–Trinajstić information content (AvgIpc) is 2.77. The number of halogens is 6. The lowest BCUT2D eigenvalue weighted by molar-refractivity contribution is -0.143. The number of amides is 1. The summed E-state index contributed by atoms with van der Waals surface area (Å²) in [6.45, 7) is 0. The van der Waals surface area contributed by atoms with E-state index in [1.54, 1.807) is 36.4 Å². The predicted molar refractivity (Wildman–Crippen MR) is 110 cm³/mol. The Labute approximate surface area is 189 Å². The van der Waals surface area contributed by atoms with Gasteiger partial charge in [0.25, 0.3) is 5.91 Å². The summed E-state index contributed by atoms with van der Waals surface area (Å²) in [5, 5.41) is 9.48. The Kier molecular flexibility index (Phi) is 5.63. The van der Waals surface area contributed by atoms with Crippen molar-refractivity contribution < 1.29 is 41.0 Å². The van der Waals surface area contributed by atoms with Gasteiger partial charge in [0, 0.05) is 11.1 Å². The minimum Gasteiger partial charge on any atom is -0.481 e. The van der Waals surface area contributed by atoms with Crippen LogP contribution in [0.4, 0.5) is 32.0 Å². The number of benzene rings is 3. The zero-order valence-electron chi connectivity index (χ0n) is 17.1. The lowest BCUT2D eigenvalue weighted by Gasteiger charge is -2.38. The minimum atomic E-state index is -5.14. The van der Waals surface area contributed by atoms with Crippen molar-refractivity contribution in [3.63, 3.8) is 0 Å². The minimum absolute atomic E-state index is 0.0645. The lowest BCUT2D eigenvalue weighted by Crippen LogP contribution is -2.39. The molecule has 0 bridgehead atoms. The molecule has 0 saturated carbocycles. The SMILES string of the molecule is O=C(O)CC1c2ccccc2-c2ccccc2N1C(=O)c1cc(C(F)(F)F)cc(C(F)(F)F)c1. The number of aliphatic carboxylic acids is 1. The molecule has 1 heterocycles. The fraction of sp³-hybridized carbons (Fsp3) is 0.167. The fourth-order valence-electron chi connectivity index (χ4n) is 4.09. The van der Waals surface area contributed by atoms with Crippen molar-refractivity contribution in [3.05, 3.63) is 89.0 Å². The van der Waals surface area contributed by atoms with Crippen molar-refractivity contribution in [3.8, 4) is 11.1 Å². The van der Waals surface area contributed by atoms with Crippen LogP contribution >= 0.6 is 0 Å². The number of anilines is 1. The third kappa shape index (κ3) is 4.23. The van der Waals surface area contributed by atoms with Gasteiger partial charge in [-0.15, -0.1) is 0 Å². The Balaban J connectivity index is 1.94. The van der Waals surface area contributed by atoms with Crippen LogP contribution in [0.15, 0.2) is 66.7 Å². The normalized spacial score (nSPS) is 15.5. The van der Waals surface area contributed by atoms with E-state index in [1.165, 1.54) is 12.1 Å². The van der Waals surface area contributed by atoms with E-state index in [1.807, 2.05) is 0 Å². The number of carboxylic acid groups (broad SMARTS) is 1. The van der Waals surface area contributed by atoms with Crippen LogP contribution in [0.1, 0.15) is 39.5 Å². The standard InChI is InChI=1S/C24H15F6NO3/c25-23(26,27)14-9-13(10-15(11-14)24(28,29)30)22(34)31-19-8-4-3-6-17(19)16-5-1-2-7-18(16)20(31)12-21(32)33/h1-11,20H,12H2,(H,32,33). The van der Waals surface area contributed by atoms with Gasteiger partial charge in [-0.05, 0) is 35.4 Å². The van der Waals surface area contributed by atoms with Crippen LogP contribution in [0.3, 0.4) is 0 Å². The molecule has 176 valence electrons. The molecular weight excluding hydrogens is 464 g/mol. The highest BCUT2D eigenvalue weighted by Gasteiger charge is 2.40.